The van der Waals surface area contributed by atoms with Crippen LogP contribution < -0.4 is 16.4 Å². The minimum absolute atomic E-state index is 0.0739. The van der Waals surface area contributed by atoms with Crippen LogP contribution in [0, 0.1) is 0 Å². The van der Waals surface area contributed by atoms with E-state index in [4.69, 9.17) is 10.8 Å². The predicted octanol–water partition coefficient (Wildman–Crippen LogP) is 2.59. The van der Waals surface area contributed by atoms with Gasteiger partial charge in [0.05, 0.1) is 10.8 Å². The van der Waals surface area contributed by atoms with Crippen molar-refractivity contribution in [1.29, 1.82) is 0 Å². The molecule has 0 saturated heterocycles. The molecule has 3 rings (SSSR count). The van der Waals surface area contributed by atoms with Gasteiger partial charge in [-0.25, -0.2) is 0 Å². The average Bonchev–Trinajstić information content (AvgIpc) is 2.94. The van der Waals surface area contributed by atoms with E-state index in [2.05, 4.69) is 10.6 Å². The van der Waals surface area contributed by atoms with Gasteiger partial charge in [-0.15, -0.1) is 11.8 Å². The lowest BCUT2D eigenvalue weighted by Gasteiger charge is -2.36. The van der Waals surface area contributed by atoms with Crippen molar-refractivity contribution in [3.05, 3.63) is 108 Å². The molecule has 0 saturated carbocycles. The third-order valence-electron chi connectivity index (χ3n) is 6.12. The highest BCUT2D eigenvalue weighted by Crippen LogP contribution is 2.48. The van der Waals surface area contributed by atoms with Gasteiger partial charge in [0, 0.05) is 12.2 Å². The summed E-state index contributed by atoms with van der Waals surface area (Å²) < 4.78 is -0.789. The fourth-order valence-corrected chi connectivity index (χ4v) is 5.84. The van der Waals surface area contributed by atoms with E-state index in [-0.39, 0.29) is 18.6 Å². The highest BCUT2D eigenvalue weighted by atomic mass is 32.2. The molecule has 3 aromatic rings. The van der Waals surface area contributed by atoms with E-state index >= 15 is 0 Å². The van der Waals surface area contributed by atoms with Crippen LogP contribution >= 0.6 is 11.8 Å². The summed E-state index contributed by atoms with van der Waals surface area (Å²) in [5, 5.41) is 24.0. The van der Waals surface area contributed by atoms with Crippen LogP contribution in [0.25, 0.3) is 0 Å². The van der Waals surface area contributed by atoms with Crippen LogP contribution in [-0.4, -0.2) is 58.3 Å². The molecule has 2 unspecified atom stereocenters. The lowest BCUT2D eigenvalue weighted by atomic mass is 9.84. The van der Waals surface area contributed by atoms with E-state index < -0.39 is 47.1 Å². The number of carboxylic acids is 2. The Hall–Kier alpha value is -4.15. The molecule has 0 aliphatic carbocycles. The van der Waals surface area contributed by atoms with E-state index in [1.807, 2.05) is 91.0 Å². The molecule has 0 heterocycles. The number of hydrogen-bond donors (Lipinski definition) is 5. The van der Waals surface area contributed by atoms with E-state index in [1.165, 1.54) is 11.8 Å². The number of carbonyl (C=O) groups excluding carboxylic acids is 2. The molecular weight excluding hydrogens is 518 g/mol. The molecule has 2 atom stereocenters. The van der Waals surface area contributed by atoms with Crippen molar-refractivity contribution in [1.82, 2.24) is 10.6 Å². The van der Waals surface area contributed by atoms with Gasteiger partial charge in [0.25, 0.3) is 0 Å². The van der Waals surface area contributed by atoms with Gasteiger partial charge in [0.15, 0.2) is 0 Å². The smallest absolute Gasteiger partial charge is 0.322 e. The molecule has 9 nitrogen and oxygen atoms in total. The summed E-state index contributed by atoms with van der Waals surface area (Å²) >= 11 is 1.42. The molecule has 204 valence electrons. The minimum atomic E-state index is -1.25. The number of amides is 2. The average molecular weight is 550 g/mol. The predicted molar refractivity (Wildman–Crippen MR) is 149 cm³/mol. The number of benzene rings is 3. The zero-order valence-electron chi connectivity index (χ0n) is 21.2. The van der Waals surface area contributed by atoms with E-state index in [9.17, 15) is 24.3 Å². The summed E-state index contributed by atoms with van der Waals surface area (Å²) in [7, 11) is 0. The number of thioether (sulfide) groups is 1. The van der Waals surface area contributed by atoms with Crippen LogP contribution in [0.3, 0.4) is 0 Å². The van der Waals surface area contributed by atoms with Gasteiger partial charge >= 0.3 is 11.9 Å². The standard InChI is InChI=1S/C29H31N3O6S/c30-25(33)17-16-23(28(37)38)32-24(27(36)31-18-26(34)35)19-39-29(20-10-4-1-5-11-20,21-12-6-2-7-13-21)22-14-8-3-9-15-22/h1-15,23-24,32H,16-19H2,(H2,30,33)(H,31,36)(H,34,35)(H,37,38). The molecule has 6 N–H and O–H groups in total. The van der Waals surface area contributed by atoms with E-state index in [1.54, 1.807) is 0 Å². The quantitative estimate of drug-likeness (QED) is 0.181. The van der Waals surface area contributed by atoms with Gasteiger partial charge in [-0.2, -0.15) is 0 Å². The number of hydrogen-bond acceptors (Lipinski definition) is 6. The van der Waals surface area contributed by atoms with Crippen molar-refractivity contribution >= 4 is 35.5 Å². The van der Waals surface area contributed by atoms with Gasteiger partial charge in [-0.05, 0) is 23.1 Å². The second-order valence-corrected chi connectivity index (χ2v) is 10.1. The SMILES string of the molecule is NC(=O)CCC(NC(CSC(c1ccccc1)(c1ccccc1)c1ccccc1)C(=O)NCC(=O)O)C(=O)O. The van der Waals surface area contributed by atoms with Crippen molar-refractivity contribution in [3.8, 4) is 0 Å². The number of rotatable bonds is 15. The van der Waals surface area contributed by atoms with Crippen molar-refractivity contribution in [2.75, 3.05) is 12.3 Å². The number of primary amides is 1. The molecule has 3 aromatic carbocycles. The van der Waals surface area contributed by atoms with Crippen molar-refractivity contribution < 1.29 is 29.4 Å². The maximum atomic E-state index is 13.1. The first-order chi connectivity index (χ1) is 18.7. The zero-order chi connectivity index (χ0) is 28.3. The summed E-state index contributed by atoms with van der Waals surface area (Å²) in [6.07, 6.45) is -0.318. The van der Waals surface area contributed by atoms with Crippen molar-refractivity contribution in [2.24, 2.45) is 5.73 Å². The highest BCUT2D eigenvalue weighted by Gasteiger charge is 2.39. The van der Waals surface area contributed by atoms with Crippen LogP contribution in [0.4, 0.5) is 0 Å². The topological polar surface area (TPSA) is 159 Å². The number of carboxylic acid groups (broad SMARTS) is 2. The molecule has 39 heavy (non-hydrogen) atoms. The van der Waals surface area contributed by atoms with Gasteiger partial charge < -0.3 is 21.3 Å². The Kier molecular flexibility index (Phi) is 10.7. The van der Waals surface area contributed by atoms with Gasteiger partial charge in [0.1, 0.15) is 12.6 Å². The lowest BCUT2D eigenvalue weighted by molar-refractivity contribution is -0.141. The molecule has 0 radical (unpaired) electrons. The third kappa shape index (κ3) is 7.92. The number of carbonyl (C=O) groups is 4. The van der Waals surface area contributed by atoms with Crippen LogP contribution in [-0.2, 0) is 23.9 Å². The van der Waals surface area contributed by atoms with Crippen LogP contribution in [0.1, 0.15) is 29.5 Å². The van der Waals surface area contributed by atoms with Crippen LogP contribution in [0.15, 0.2) is 91.0 Å². The van der Waals surface area contributed by atoms with Gasteiger partial charge in [-0.3, -0.25) is 24.5 Å². The lowest BCUT2D eigenvalue weighted by Crippen LogP contribution is -2.53. The largest absolute Gasteiger partial charge is 0.480 e. The Morgan fingerprint density at radius 2 is 1.23 bits per heavy atom. The molecule has 0 fully saturated rings. The summed E-state index contributed by atoms with van der Waals surface area (Å²) in [5.41, 5.74) is 8.05. The number of nitrogens with one attached hydrogen (secondary N) is 2. The number of aliphatic carboxylic acids is 2. The van der Waals surface area contributed by atoms with Gasteiger partial charge in [-0.1, -0.05) is 91.0 Å². The van der Waals surface area contributed by atoms with Crippen molar-refractivity contribution in [2.45, 2.75) is 29.7 Å². The zero-order valence-corrected chi connectivity index (χ0v) is 22.0. The first-order valence-corrected chi connectivity index (χ1v) is 13.3. The Morgan fingerprint density at radius 1 is 0.769 bits per heavy atom. The van der Waals surface area contributed by atoms with E-state index in [0.717, 1.165) is 16.7 Å². The third-order valence-corrected chi connectivity index (χ3v) is 7.76. The Morgan fingerprint density at radius 3 is 1.62 bits per heavy atom. The molecule has 0 aliphatic rings. The Balaban J connectivity index is 2.05. The first kappa shape index (κ1) is 29.4. The van der Waals surface area contributed by atoms with Crippen LogP contribution in [0.2, 0.25) is 0 Å². The normalized spacial score (nSPS) is 12.7. The maximum Gasteiger partial charge on any atom is 0.322 e. The molecule has 0 bridgehead atoms. The van der Waals surface area contributed by atoms with E-state index in [0.29, 0.717) is 0 Å². The Bertz CT molecular complexity index is 1160. The number of nitrogens with two attached hydrogens (primary N) is 1. The summed E-state index contributed by atoms with van der Waals surface area (Å²) in [6.45, 7) is -0.623. The second-order valence-electron chi connectivity index (χ2n) is 8.82. The molecule has 0 spiro atoms. The molecule has 2 amide bonds. The monoisotopic (exact) mass is 549 g/mol. The molecule has 0 aromatic heterocycles. The van der Waals surface area contributed by atoms with Crippen LogP contribution in [0.5, 0.6) is 0 Å². The van der Waals surface area contributed by atoms with Crippen molar-refractivity contribution in [3.63, 3.8) is 0 Å². The Labute approximate surface area is 230 Å². The summed E-state index contributed by atoms with van der Waals surface area (Å²) in [5.74, 6) is -3.74. The second kappa shape index (κ2) is 14.1. The fourth-order valence-electron chi connectivity index (χ4n) is 4.27. The first-order valence-electron chi connectivity index (χ1n) is 12.3. The minimum Gasteiger partial charge on any atom is -0.480 e. The molecule has 0 aliphatic heterocycles. The highest BCUT2D eigenvalue weighted by molar-refractivity contribution is 8.00. The van der Waals surface area contributed by atoms with Gasteiger partial charge in [0.2, 0.25) is 11.8 Å². The molecule has 10 heteroatoms. The summed E-state index contributed by atoms with van der Waals surface area (Å²) in [6, 6.07) is 26.9. The maximum absolute atomic E-state index is 13.1. The fraction of sp³-hybridized carbons (Fsp3) is 0.241. The molecular formula is C29H31N3O6S. The summed E-state index contributed by atoms with van der Waals surface area (Å²) in [4.78, 5) is 47.5.